The molecule has 8 heteroatoms. The minimum Gasteiger partial charge on any atom is -0.391 e. The molecule has 2 saturated heterocycles. The van der Waals surface area contributed by atoms with Gasteiger partial charge < -0.3 is 15.3 Å². The van der Waals surface area contributed by atoms with Gasteiger partial charge in [0.05, 0.1) is 12.6 Å². The standard InChI is InChI=1S/C14H25F3N4O/c1-2-18-13(21-6-4-12(22)9-21)19-7-11-3-5-20(8-11)10-14(15,16)17/h11-12,22H,2-10H2,1H3,(H,18,19)/t11?,12-/m1/s1. The molecule has 0 spiro atoms. The molecule has 5 nitrogen and oxygen atoms in total. The van der Waals surface area contributed by atoms with Crippen molar-refractivity contribution in [1.82, 2.24) is 15.1 Å². The molecule has 2 rings (SSSR count). The third-order valence-corrected chi connectivity index (χ3v) is 4.07. The normalized spacial score (nSPS) is 27.7. The molecule has 2 atom stereocenters. The number of nitrogens with zero attached hydrogens (tertiary/aromatic N) is 3. The summed E-state index contributed by atoms with van der Waals surface area (Å²) in [7, 11) is 0. The van der Waals surface area contributed by atoms with Crippen molar-refractivity contribution in [2.24, 2.45) is 10.9 Å². The van der Waals surface area contributed by atoms with Crippen molar-refractivity contribution in [1.29, 1.82) is 0 Å². The fraction of sp³-hybridized carbons (Fsp3) is 0.929. The molecule has 0 bridgehead atoms. The Morgan fingerprint density at radius 3 is 2.64 bits per heavy atom. The summed E-state index contributed by atoms with van der Waals surface area (Å²) < 4.78 is 37.1. The molecule has 0 aromatic rings. The highest BCUT2D eigenvalue weighted by Crippen LogP contribution is 2.23. The zero-order chi connectivity index (χ0) is 16.2. The van der Waals surface area contributed by atoms with Crippen molar-refractivity contribution >= 4 is 5.96 Å². The van der Waals surface area contributed by atoms with Gasteiger partial charge in [0, 0.05) is 32.7 Å². The van der Waals surface area contributed by atoms with Crippen LogP contribution >= 0.6 is 0 Å². The number of likely N-dealkylation sites (tertiary alicyclic amines) is 2. The Balaban J connectivity index is 1.83. The minimum absolute atomic E-state index is 0.170. The summed E-state index contributed by atoms with van der Waals surface area (Å²) >= 11 is 0. The van der Waals surface area contributed by atoms with E-state index in [1.54, 1.807) is 0 Å². The molecule has 2 aliphatic heterocycles. The largest absolute Gasteiger partial charge is 0.401 e. The highest BCUT2D eigenvalue weighted by Gasteiger charge is 2.34. The quantitative estimate of drug-likeness (QED) is 0.597. The molecule has 2 fully saturated rings. The van der Waals surface area contributed by atoms with Gasteiger partial charge in [-0.15, -0.1) is 0 Å². The Bertz CT molecular complexity index is 389. The van der Waals surface area contributed by atoms with E-state index in [9.17, 15) is 18.3 Å². The van der Waals surface area contributed by atoms with Crippen molar-refractivity contribution in [3.63, 3.8) is 0 Å². The van der Waals surface area contributed by atoms with E-state index in [1.807, 2.05) is 11.8 Å². The van der Waals surface area contributed by atoms with Crippen LogP contribution in [0, 0.1) is 5.92 Å². The van der Waals surface area contributed by atoms with Crippen LogP contribution in [0.3, 0.4) is 0 Å². The Morgan fingerprint density at radius 1 is 1.27 bits per heavy atom. The molecule has 128 valence electrons. The van der Waals surface area contributed by atoms with Crippen molar-refractivity contribution in [2.75, 3.05) is 45.8 Å². The average Bonchev–Trinajstić information content (AvgIpc) is 3.02. The first-order valence-electron chi connectivity index (χ1n) is 7.88. The maximum atomic E-state index is 12.4. The highest BCUT2D eigenvalue weighted by atomic mass is 19.4. The van der Waals surface area contributed by atoms with Gasteiger partial charge in [-0.25, -0.2) is 0 Å². The molecular formula is C14H25F3N4O. The summed E-state index contributed by atoms with van der Waals surface area (Å²) in [5, 5.41) is 12.8. The zero-order valence-electron chi connectivity index (χ0n) is 12.9. The van der Waals surface area contributed by atoms with Crippen LogP contribution < -0.4 is 5.32 Å². The molecule has 2 aliphatic rings. The lowest BCUT2D eigenvalue weighted by atomic mass is 10.1. The number of guanidine groups is 1. The number of halogens is 3. The third kappa shape index (κ3) is 5.31. The number of hydrogen-bond donors (Lipinski definition) is 2. The molecule has 0 aliphatic carbocycles. The molecule has 0 aromatic heterocycles. The summed E-state index contributed by atoms with van der Waals surface area (Å²) in [5.74, 6) is 0.928. The summed E-state index contributed by atoms with van der Waals surface area (Å²) in [6.07, 6.45) is -2.97. The summed E-state index contributed by atoms with van der Waals surface area (Å²) in [6.45, 7) is 4.67. The molecule has 0 radical (unpaired) electrons. The number of β-amino-alcohol motifs (C(OH)–C–C–N with tert-alkyl or cyclic N) is 1. The predicted octanol–water partition coefficient (Wildman–Crippen LogP) is 0.903. The van der Waals surface area contributed by atoms with Crippen LogP contribution in [-0.2, 0) is 0 Å². The molecule has 22 heavy (non-hydrogen) atoms. The molecule has 0 amide bonds. The lowest BCUT2D eigenvalue weighted by molar-refractivity contribution is -0.143. The summed E-state index contributed by atoms with van der Waals surface area (Å²) in [4.78, 5) is 8.02. The SMILES string of the molecule is CCNC(=NCC1CCN(CC(F)(F)F)C1)N1CC[C@@H](O)C1. The first-order valence-corrected chi connectivity index (χ1v) is 7.88. The van der Waals surface area contributed by atoms with Crippen LogP contribution in [0.25, 0.3) is 0 Å². The average molecular weight is 322 g/mol. The second kappa shape index (κ2) is 7.50. The number of nitrogens with one attached hydrogen (secondary N) is 1. The minimum atomic E-state index is -4.13. The van der Waals surface area contributed by atoms with Gasteiger partial charge >= 0.3 is 6.18 Å². The number of rotatable bonds is 4. The monoisotopic (exact) mass is 322 g/mol. The van der Waals surface area contributed by atoms with Crippen LogP contribution in [0.4, 0.5) is 13.2 Å². The van der Waals surface area contributed by atoms with Gasteiger partial charge in [0.1, 0.15) is 0 Å². The Kier molecular flexibility index (Phi) is 5.91. The van der Waals surface area contributed by atoms with Crippen molar-refractivity contribution in [2.45, 2.75) is 32.0 Å². The number of hydrogen-bond acceptors (Lipinski definition) is 3. The number of aliphatic hydroxyl groups excluding tert-OH is 1. The van der Waals surface area contributed by atoms with Gasteiger partial charge in [-0.3, -0.25) is 9.89 Å². The molecule has 0 saturated carbocycles. The smallest absolute Gasteiger partial charge is 0.391 e. The highest BCUT2D eigenvalue weighted by molar-refractivity contribution is 5.80. The maximum Gasteiger partial charge on any atom is 0.401 e. The fourth-order valence-corrected chi connectivity index (χ4v) is 3.03. The molecule has 2 heterocycles. The van der Waals surface area contributed by atoms with E-state index in [0.717, 1.165) is 31.9 Å². The van der Waals surface area contributed by atoms with Gasteiger partial charge in [0.25, 0.3) is 0 Å². The second-order valence-corrected chi connectivity index (χ2v) is 6.09. The van der Waals surface area contributed by atoms with Crippen LogP contribution in [0.2, 0.25) is 0 Å². The van der Waals surface area contributed by atoms with E-state index in [4.69, 9.17) is 0 Å². The summed E-state index contributed by atoms with van der Waals surface area (Å²) in [6, 6.07) is 0. The first-order chi connectivity index (χ1) is 10.4. The van der Waals surface area contributed by atoms with Gasteiger partial charge in [0.15, 0.2) is 5.96 Å². The van der Waals surface area contributed by atoms with E-state index in [1.165, 1.54) is 4.90 Å². The van der Waals surface area contributed by atoms with Crippen molar-refractivity contribution in [3.05, 3.63) is 0 Å². The topological polar surface area (TPSA) is 51.1 Å². The lowest BCUT2D eigenvalue weighted by Crippen LogP contribution is -2.40. The Morgan fingerprint density at radius 2 is 2.05 bits per heavy atom. The second-order valence-electron chi connectivity index (χ2n) is 6.09. The Hall–Kier alpha value is -1.02. The Labute approximate surface area is 129 Å². The lowest BCUT2D eigenvalue weighted by Gasteiger charge is -2.21. The third-order valence-electron chi connectivity index (χ3n) is 4.07. The van der Waals surface area contributed by atoms with Crippen LogP contribution in [0.1, 0.15) is 19.8 Å². The van der Waals surface area contributed by atoms with E-state index < -0.39 is 12.7 Å². The summed E-state index contributed by atoms with van der Waals surface area (Å²) in [5.41, 5.74) is 0. The van der Waals surface area contributed by atoms with E-state index >= 15 is 0 Å². The van der Waals surface area contributed by atoms with Gasteiger partial charge in [-0.05, 0) is 32.2 Å². The van der Waals surface area contributed by atoms with Gasteiger partial charge in [-0.2, -0.15) is 13.2 Å². The van der Waals surface area contributed by atoms with Gasteiger partial charge in [0.2, 0.25) is 0 Å². The maximum absolute atomic E-state index is 12.4. The fourth-order valence-electron chi connectivity index (χ4n) is 3.03. The number of alkyl halides is 3. The van der Waals surface area contributed by atoms with E-state index in [0.29, 0.717) is 26.2 Å². The van der Waals surface area contributed by atoms with Crippen molar-refractivity contribution < 1.29 is 18.3 Å². The molecular weight excluding hydrogens is 297 g/mol. The van der Waals surface area contributed by atoms with Crippen LogP contribution in [-0.4, -0.2) is 79.0 Å². The number of aliphatic hydroxyl groups is 1. The van der Waals surface area contributed by atoms with E-state index in [2.05, 4.69) is 10.3 Å². The van der Waals surface area contributed by atoms with Crippen molar-refractivity contribution in [3.8, 4) is 0 Å². The van der Waals surface area contributed by atoms with Gasteiger partial charge in [-0.1, -0.05) is 0 Å². The first kappa shape index (κ1) is 17.3. The molecule has 2 N–H and O–H groups in total. The zero-order valence-corrected chi connectivity index (χ0v) is 12.9. The van der Waals surface area contributed by atoms with Crippen LogP contribution in [0.15, 0.2) is 4.99 Å². The predicted molar refractivity (Wildman–Crippen MR) is 78.8 cm³/mol. The van der Waals surface area contributed by atoms with E-state index in [-0.39, 0.29) is 12.0 Å². The number of aliphatic imine (C=N–C) groups is 1. The van der Waals surface area contributed by atoms with Crippen LogP contribution in [0.5, 0.6) is 0 Å². The molecule has 0 aromatic carbocycles. The molecule has 1 unspecified atom stereocenters.